The first-order valence-corrected chi connectivity index (χ1v) is 12.9. The first-order valence-electron chi connectivity index (χ1n) is 11.1. The van der Waals surface area contributed by atoms with Crippen LogP contribution in [0.5, 0.6) is 0 Å². The maximum absolute atomic E-state index is 3.30. The molecule has 0 amide bonds. The van der Waals surface area contributed by atoms with E-state index in [0.29, 0.717) is 0 Å². The van der Waals surface area contributed by atoms with E-state index in [1.165, 1.54) is 70.3 Å². The molecular weight excluding hydrogens is 812 g/mol. The Morgan fingerprint density at radius 3 is 1.70 bits per heavy atom. The van der Waals surface area contributed by atoms with Crippen LogP contribution in [0.25, 0.3) is 21.5 Å². The fourth-order valence-electron chi connectivity index (χ4n) is 3.23. The maximum Gasteiger partial charge on any atom is 0 e. The van der Waals surface area contributed by atoms with Crippen LogP contribution < -0.4 is 0 Å². The Morgan fingerprint density at radius 2 is 1.35 bits per heavy atom. The van der Waals surface area contributed by atoms with Crippen LogP contribution in [0.1, 0.15) is 52.9 Å². The Kier molecular flexibility index (Phi) is 33.9. The standard InChI is InChI=1S/C13H9.C9H13.C5H5.C3H6.5FH.2Hf/c1-3-7-12-10(5-1)9-11-6-2-4-8-13(11)12;1-2-3-6-9-7-4-5-8-9;1-2-4-5-3-1;1-3-2;;;;;;;/h1-9H;4,7H,2-3,5-6H2,1H3;1-3H,4H2;1-2H3;5*1H;;/q3*-1;;;;;;;;+2. The number of halogens is 5. The molecule has 0 aliphatic heterocycles. The van der Waals surface area contributed by atoms with Gasteiger partial charge >= 0.3 is 41.0 Å². The Balaban J connectivity index is -0.000000127. The van der Waals surface area contributed by atoms with Gasteiger partial charge in [-0.25, -0.2) is 23.8 Å². The van der Waals surface area contributed by atoms with E-state index in [4.69, 9.17) is 0 Å². The van der Waals surface area contributed by atoms with Crippen LogP contribution in [-0.2, 0) is 49.7 Å². The second kappa shape index (κ2) is 27.6. The van der Waals surface area contributed by atoms with Crippen molar-refractivity contribution in [3.63, 3.8) is 0 Å². The van der Waals surface area contributed by atoms with Gasteiger partial charge in [0.1, 0.15) is 0 Å². The van der Waals surface area contributed by atoms with E-state index in [0.717, 1.165) is 12.8 Å². The van der Waals surface area contributed by atoms with Gasteiger partial charge in [0.2, 0.25) is 0 Å². The fraction of sp³-hybridized carbons (Fsp3) is 0.267. The van der Waals surface area contributed by atoms with Gasteiger partial charge in [-0.15, -0.1) is 52.6 Å². The predicted octanol–water partition coefficient (Wildman–Crippen LogP) is 9.39. The Labute approximate surface area is 252 Å². The third-order valence-electron chi connectivity index (χ3n) is 4.67. The second-order valence-corrected chi connectivity index (χ2v) is 11.3. The summed E-state index contributed by atoms with van der Waals surface area (Å²) in [6.07, 6.45) is 22.5. The summed E-state index contributed by atoms with van der Waals surface area (Å²) in [4.78, 5) is 0. The number of hydrogen-bond donors (Lipinski definition) is 0. The average molecular weight is 851 g/mol. The van der Waals surface area contributed by atoms with Gasteiger partial charge in [0.15, 0.2) is 0 Å². The van der Waals surface area contributed by atoms with Crippen molar-refractivity contribution in [3.05, 3.63) is 103 Å². The van der Waals surface area contributed by atoms with E-state index >= 15 is 0 Å². The van der Waals surface area contributed by atoms with Gasteiger partial charge in [-0.3, -0.25) is 35.7 Å². The SMILES string of the molecule is CCCCC1=[C-]CC=C1.C[C](C)=[Hf+2].F.F.F.F.F.[C-]1=CC=CC1.[Hf].c1ccc2c(c1)[cH-]c1ccccc12. The summed E-state index contributed by atoms with van der Waals surface area (Å²) in [6, 6.07) is 19.3. The van der Waals surface area contributed by atoms with Crippen molar-refractivity contribution in [3.8, 4) is 0 Å². The number of rotatable bonds is 3. The summed E-state index contributed by atoms with van der Waals surface area (Å²) in [7, 11) is 0. The Morgan fingerprint density at radius 1 is 0.838 bits per heavy atom. The summed E-state index contributed by atoms with van der Waals surface area (Å²) in [6.45, 7) is 6.51. The van der Waals surface area contributed by atoms with Gasteiger partial charge in [-0.1, -0.05) is 62.6 Å². The van der Waals surface area contributed by atoms with Crippen molar-refractivity contribution in [2.75, 3.05) is 0 Å². The molecule has 37 heavy (non-hydrogen) atoms. The monoisotopic (exact) mass is 853 g/mol. The van der Waals surface area contributed by atoms with E-state index < -0.39 is 0 Å². The van der Waals surface area contributed by atoms with E-state index in [-0.39, 0.29) is 49.4 Å². The van der Waals surface area contributed by atoms with Crippen LogP contribution in [0.2, 0.25) is 0 Å². The molecule has 0 atom stereocenters. The van der Waals surface area contributed by atoms with E-state index in [2.05, 4.69) is 106 Å². The number of fused-ring (bicyclic) bond motifs is 3. The topological polar surface area (TPSA) is 0 Å². The Bertz CT molecular complexity index is 1020. The molecule has 5 rings (SSSR count). The molecule has 0 saturated carbocycles. The molecule has 0 radical (unpaired) electrons. The molecule has 2 aliphatic carbocycles. The number of hydrogen-bond acceptors (Lipinski definition) is 0. The third-order valence-corrected chi connectivity index (χ3v) is 4.67. The first kappa shape index (κ1) is 45.5. The molecular formula is C30H38F5Hf2-. The van der Waals surface area contributed by atoms with Crippen molar-refractivity contribution in [1.29, 1.82) is 0 Å². The van der Waals surface area contributed by atoms with Crippen LogP contribution in [-0.4, -0.2) is 3.26 Å². The molecule has 0 spiro atoms. The average Bonchev–Trinajstić information content (AvgIpc) is 3.55. The second-order valence-electron chi connectivity index (χ2n) is 7.73. The Hall–Kier alpha value is -1.47. The molecule has 0 fully saturated rings. The molecule has 3 aromatic carbocycles. The van der Waals surface area contributed by atoms with Crippen LogP contribution in [0.3, 0.4) is 0 Å². The van der Waals surface area contributed by atoms with E-state index in [1.807, 2.05) is 12.2 Å². The summed E-state index contributed by atoms with van der Waals surface area (Å²) < 4.78 is 1.56. The molecule has 0 aromatic heterocycles. The summed E-state index contributed by atoms with van der Waals surface area (Å²) in [5.74, 6) is 0. The van der Waals surface area contributed by atoms with E-state index in [1.54, 1.807) is 3.26 Å². The van der Waals surface area contributed by atoms with Gasteiger partial charge < -0.3 is 0 Å². The van der Waals surface area contributed by atoms with Gasteiger partial charge in [0.05, 0.1) is 0 Å². The van der Waals surface area contributed by atoms with Crippen molar-refractivity contribution < 1.29 is 73.3 Å². The minimum atomic E-state index is 0. The molecule has 202 valence electrons. The van der Waals surface area contributed by atoms with Crippen LogP contribution in [0, 0.1) is 12.2 Å². The number of unbranched alkanes of at least 4 members (excludes halogenated alkanes) is 1. The zero-order chi connectivity index (χ0) is 22.3. The minimum Gasteiger partial charge on any atom is -0.273 e. The van der Waals surface area contributed by atoms with Gasteiger partial charge in [0.25, 0.3) is 0 Å². The molecule has 2 aliphatic rings. The third kappa shape index (κ3) is 18.4. The molecule has 0 unspecified atom stereocenters. The fourth-order valence-corrected chi connectivity index (χ4v) is 3.23. The normalized spacial score (nSPS) is 11.0. The zero-order valence-electron chi connectivity index (χ0n) is 21.7. The van der Waals surface area contributed by atoms with Crippen LogP contribution >= 0.6 is 0 Å². The summed E-state index contributed by atoms with van der Waals surface area (Å²) in [5, 5.41) is 5.39. The van der Waals surface area contributed by atoms with Crippen molar-refractivity contribution >= 4 is 24.8 Å². The van der Waals surface area contributed by atoms with Crippen molar-refractivity contribution in [2.45, 2.75) is 52.9 Å². The van der Waals surface area contributed by atoms with Gasteiger partial charge in [-0.05, 0) is 0 Å². The van der Waals surface area contributed by atoms with Crippen molar-refractivity contribution in [2.24, 2.45) is 0 Å². The zero-order valence-corrected chi connectivity index (χ0v) is 28.8. The van der Waals surface area contributed by atoms with Crippen molar-refractivity contribution in [1.82, 2.24) is 0 Å². The molecule has 0 saturated heterocycles. The number of allylic oxidation sites excluding steroid dienone is 8. The molecule has 0 nitrogen and oxygen atoms in total. The summed E-state index contributed by atoms with van der Waals surface area (Å²) in [5.41, 5.74) is 1.41. The smallest absolute Gasteiger partial charge is 0 e. The summed E-state index contributed by atoms with van der Waals surface area (Å²) >= 11 is 1.27. The van der Waals surface area contributed by atoms with Gasteiger partial charge in [-0.2, -0.15) is 12.2 Å². The van der Waals surface area contributed by atoms with Crippen LogP contribution in [0.4, 0.5) is 23.5 Å². The quantitative estimate of drug-likeness (QED) is 0.140. The predicted molar refractivity (Wildman–Crippen MR) is 148 cm³/mol. The molecule has 0 N–H and O–H groups in total. The van der Waals surface area contributed by atoms with Crippen LogP contribution in [0.15, 0.2) is 90.6 Å². The number of benzene rings is 2. The maximum atomic E-state index is 3.30. The van der Waals surface area contributed by atoms with E-state index in [9.17, 15) is 0 Å². The molecule has 7 heteroatoms. The molecule has 0 heterocycles. The minimum absolute atomic E-state index is 0. The molecule has 0 bridgehead atoms. The largest absolute Gasteiger partial charge is 0.273 e. The molecule has 3 aromatic rings. The first-order chi connectivity index (χ1) is 15.1. The van der Waals surface area contributed by atoms with Gasteiger partial charge in [0, 0.05) is 25.8 Å².